The summed E-state index contributed by atoms with van der Waals surface area (Å²) in [7, 11) is 3.35. The molecular formula is C16H27N5O2. The molecule has 1 aromatic heterocycles. The minimum absolute atomic E-state index is 0.0942. The summed E-state index contributed by atoms with van der Waals surface area (Å²) in [5, 5.41) is 9.03. The van der Waals surface area contributed by atoms with E-state index in [0.717, 1.165) is 5.69 Å². The maximum absolute atomic E-state index is 11.9. The van der Waals surface area contributed by atoms with Crippen LogP contribution < -0.4 is 16.0 Å². The van der Waals surface area contributed by atoms with E-state index in [1.54, 1.807) is 20.2 Å². The van der Waals surface area contributed by atoms with E-state index < -0.39 is 0 Å². The molecule has 0 aliphatic carbocycles. The zero-order valence-corrected chi connectivity index (χ0v) is 14.6. The fraction of sp³-hybridized carbons (Fsp3) is 0.562. The molecule has 7 nitrogen and oxygen atoms in total. The van der Waals surface area contributed by atoms with Gasteiger partial charge >= 0.3 is 0 Å². The summed E-state index contributed by atoms with van der Waals surface area (Å²) in [5.41, 5.74) is 0.581. The lowest BCUT2D eigenvalue weighted by molar-refractivity contribution is -0.116. The van der Waals surface area contributed by atoms with E-state index in [2.05, 4.69) is 25.9 Å². The summed E-state index contributed by atoms with van der Waals surface area (Å²) < 4.78 is 5.33. The van der Waals surface area contributed by atoms with Crippen molar-refractivity contribution in [2.24, 2.45) is 4.99 Å². The molecule has 0 saturated carbocycles. The van der Waals surface area contributed by atoms with E-state index in [9.17, 15) is 4.79 Å². The van der Waals surface area contributed by atoms with Gasteiger partial charge < -0.3 is 20.7 Å². The van der Waals surface area contributed by atoms with Gasteiger partial charge in [0.2, 0.25) is 5.91 Å². The van der Waals surface area contributed by atoms with Crippen molar-refractivity contribution in [3.8, 4) is 0 Å². The van der Waals surface area contributed by atoms with Crippen LogP contribution in [0.3, 0.4) is 0 Å². The Morgan fingerprint density at radius 1 is 1.35 bits per heavy atom. The molecule has 0 radical (unpaired) electrons. The topological polar surface area (TPSA) is 87.6 Å². The second-order valence-electron chi connectivity index (χ2n) is 5.78. The lowest BCUT2D eigenvalue weighted by Gasteiger charge is -2.24. The standard InChI is InChI=1S/C16H27N5O2/c1-12-7-6-8-13(20-12)21-14(22)9-10-18-15(17-4)19-11-16(2,3)23-5/h6-8H,9-11H2,1-5H3,(H2,17,18,19)(H,20,21,22). The highest BCUT2D eigenvalue weighted by Crippen LogP contribution is 2.05. The number of methoxy groups -OCH3 is 1. The Bertz CT molecular complexity index is 543. The third kappa shape index (κ3) is 7.60. The number of carbonyl (C=O) groups is 1. The Morgan fingerprint density at radius 3 is 2.70 bits per heavy atom. The molecule has 0 aliphatic heterocycles. The average molecular weight is 321 g/mol. The van der Waals surface area contributed by atoms with Gasteiger partial charge in [0.25, 0.3) is 0 Å². The molecule has 0 aliphatic rings. The number of ether oxygens (including phenoxy) is 1. The number of aliphatic imine (C=N–C) groups is 1. The van der Waals surface area contributed by atoms with Crippen LogP contribution in [0.1, 0.15) is 26.0 Å². The number of nitrogens with zero attached hydrogens (tertiary/aromatic N) is 2. The molecule has 0 unspecified atom stereocenters. The summed E-state index contributed by atoms with van der Waals surface area (Å²) >= 11 is 0. The maximum atomic E-state index is 11.9. The van der Waals surface area contributed by atoms with Crippen molar-refractivity contribution < 1.29 is 9.53 Å². The smallest absolute Gasteiger partial charge is 0.227 e. The molecule has 7 heteroatoms. The van der Waals surface area contributed by atoms with Crippen LogP contribution >= 0.6 is 0 Å². The highest BCUT2D eigenvalue weighted by Gasteiger charge is 2.16. The number of pyridine rings is 1. The predicted molar refractivity (Wildman–Crippen MR) is 92.7 cm³/mol. The van der Waals surface area contributed by atoms with Crippen LogP contribution in [0.15, 0.2) is 23.2 Å². The van der Waals surface area contributed by atoms with Gasteiger partial charge in [0.05, 0.1) is 5.60 Å². The number of amides is 1. The monoisotopic (exact) mass is 321 g/mol. The van der Waals surface area contributed by atoms with E-state index in [1.807, 2.05) is 32.9 Å². The number of aryl methyl sites for hydroxylation is 1. The zero-order chi connectivity index (χ0) is 17.3. The van der Waals surface area contributed by atoms with Crippen molar-refractivity contribution in [2.75, 3.05) is 32.6 Å². The summed E-state index contributed by atoms with van der Waals surface area (Å²) in [5.74, 6) is 1.11. The first-order valence-electron chi connectivity index (χ1n) is 7.59. The predicted octanol–water partition coefficient (Wildman–Crippen LogP) is 1.31. The van der Waals surface area contributed by atoms with Gasteiger partial charge in [-0.3, -0.25) is 9.79 Å². The molecule has 1 aromatic rings. The Labute approximate surface area is 137 Å². The summed E-state index contributed by atoms with van der Waals surface area (Å²) in [6.45, 7) is 6.94. The van der Waals surface area contributed by atoms with Gasteiger partial charge in [0.15, 0.2) is 5.96 Å². The maximum Gasteiger partial charge on any atom is 0.227 e. The molecule has 0 spiro atoms. The summed E-state index contributed by atoms with van der Waals surface area (Å²) in [4.78, 5) is 20.2. The van der Waals surface area contributed by atoms with Gasteiger partial charge in [-0.1, -0.05) is 6.07 Å². The quantitative estimate of drug-likeness (QED) is 0.520. The number of aromatic nitrogens is 1. The van der Waals surface area contributed by atoms with Gasteiger partial charge in [0, 0.05) is 39.4 Å². The van der Waals surface area contributed by atoms with Crippen LogP contribution in [0.25, 0.3) is 0 Å². The van der Waals surface area contributed by atoms with Crippen molar-refractivity contribution in [2.45, 2.75) is 32.8 Å². The van der Waals surface area contributed by atoms with E-state index >= 15 is 0 Å². The first-order chi connectivity index (χ1) is 10.9. The first kappa shape index (κ1) is 18.9. The molecule has 0 saturated heterocycles. The van der Waals surface area contributed by atoms with E-state index in [1.165, 1.54) is 0 Å². The molecule has 0 atom stereocenters. The van der Waals surface area contributed by atoms with Crippen LogP contribution in [-0.2, 0) is 9.53 Å². The molecule has 1 heterocycles. The number of hydrogen-bond acceptors (Lipinski definition) is 4. The van der Waals surface area contributed by atoms with E-state index in [-0.39, 0.29) is 11.5 Å². The molecule has 0 bridgehead atoms. The van der Waals surface area contributed by atoms with Gasteiger partial charge in [0.1, 0.15) is 5.82 Å². The van der Waals surface area contributed by atoms with Crippen molar-refractivity contribution >= 4 is 17.7 Å². The molecule has 0 fully saturated rings. The normalized spacial score (nSPS) is 12.0. The van der Waals surface area contributed by atoms with Crippen molar-refractivity contribution in [3.05, 3.63) is 23.9 Å². The second kappa shape index (κ2) is 9.09. The highest BCUT2D eigenvalue weighted by molar-refractivity contribution is 5.90. The van der Waals surface area contributed by atoms with Crippen LogP contribution in [0.2, 0.25) is 0 Å². The SMILES string of the molecule is CN=C(NCCC(=O)Nc1cccc(C)n1)NCC(C)(C)OC. The van der Waals surface area contributed by atoms with Gasteiger partial charge in [-0.25, -0.2) is 4.98 Å². The van der Waals surface area contributed by atoms with Crippen LogP contribution in [0, 0.1) is 6.92 Å². The Morgan fingerprint density at radius 2 is 2.09 bits per heavy atom. The third-order valence-corrected chi connectivity index (χ3v) is 3.26. The minimum atomic E-state index is -0.286. The number of nitrogens with one attached hydrogen (secondary N) is 3. The van der Waals surface area contributed by atoms with Gasteiger partial charge in [-0.2, -0.15) is 0 Å². The fourth-order valence-electron chi connectivity index (χ4n) is 1.70. The Balaban J connectivity index is 2.32. The number of carbonyl (C=O) groups excluding carboxylic acids is 1. The molecule has 128 valence electrons. The number of rotatable bonds is 7. The summed E-state index contributed by atoms with van der Waals surface area (Å²) in [6, 6.07) is 5.51. The first-order valence-corrected chi connectivity index (χ1v) is 7.59. The average Bonchev–Trinajstić information content (AvgIpc) is 2.50. The van der Waals surface area contributed by atoms with Crippen molar-refractivity contribution in [1.29, 1.82) is 0 Å². The van der Waals surface area contributed by atoms with Crippen molar-refractivity contribution in [1.82, 2.24) is 15.6 Å². The molecular weight excluding hydrogens is 294 g/mol. The molecule has 3 N–H and O–H groups in total. The molecule has 1 rings (SSSR count). The molecule has 23 heavy (non-hydrogen) atoms. The second-order valence-corrected chi connectivity index (χ2v) is 5.78. The minimum Gasteiger partial charge on any atom is -0.377 e. The highest BCUT2D eigenvalue weighted by atomic mass is 16.5. The number of hydrogen-bond donors (Lipinski definition) is 3. The number of guanidine groups is 1. The summed E-state index contributed by atoms with van der Waals surface area (Å²) in [6.07, 6.45) is 0.323. The van der Waals surface area contributed by atoms with E-state index in [0.29, 0.717) is 31.3 Å². The lowest BCUT2D eigenvalue weighted by atomic mass is 10.1. The van der Waals surface area contributed by atoms with Crippen LogP contribution in [0.5, 0.6) is 0 Å². The Kier molecular flexibility index (Phi) is 7.47. The third-order valence-electron chi connectivity index (χ3n) is 3.26. The molecule has 1 amide bonds. The van der Waals surface area contributed by atoms with Crippen LogP contribution in [0.4, 0.5) is 5.82 Å². The van der Waals surface area contributed by atoms with E-state index in [4.69, 9.17) is 4.74 Å². The Hall–Kier alpha value is -2.15. The fourth-order valence-corrected chi connectivity index (χ4v) is 1.70. The zero-order valence-electron chi connectivity index (χ0n) is 14.6. The largest absolute Gasteiger partial charge is 0.377 e. The van der Waals surface area contributed by atoms with Crippen LogP contribution in [-0.4, -0.2) is 49.7 Å². The molecule has 0 aromatic carbocycles. The number of anilines is 1. The van der Waals surface area contributed by atoms with Gasteiger partial charge in [-0.15, -0.1) is 0 Å². The van der Waals surface area contributed by atoms with Crippen molar-refractivity contribution in [3.63, 3.8) is 0 Å². The van der Waals surface area contributed by atoms with Gasteiger partial charge in [-0.05, 0) is 32.9 Å². The lowest BCUT2D eigenvalue weighted by Crippen LogP contribution is -2.45.